The zero-order valence-corrected chi connectivity index (χ0v) is 11.7. The van der Waals surface area contributed by atoms with Crippen LogP contribution in [0.3, 0.4) is 0 Å². The largest absolute Gasteiger partial charge is 0.508 e. The van der Waals surface area contributed by atoms with Gasteiger partial charge in [0.2, 0.25) is 0 Å². The van der Waals surface area contributed by atoms with Crippen LogP contribution in [0.4, 0.5) is 0 Å². The van der Waals surface area contributed by atoms with E-state index in [2.05, 4.69) is 12.2 Å². The lowest BCUT2D eigenvalue weighted by atomic mass is 10.1. The Bertz CT molecular complexity index is 525. The Morgan fingerprint density at radius 2 is 1.79 bits per heavy atom. The standard InChI is InChI=1S/C16H18ClNO/c1-12(15-4-2-3-5-16(15)17)18-11-10-13-6-8-14(19)9-7-13/h2-9,12,18-19H,10-11H2,1H3. The van der Waals surface area contributed by atoms with Gasteiger partial charge in [0.15, 0.2) is 0 Å². The highest BCUT2D eigenvalue weighted by Crippen LogP contribution is 2.22. The number of hydrogen-bond acceptors (Lipinski definition) is 2. The van der Waals surface area contributed by atoms with Crippen molar-refractivity contribution in [3.05, 3.63) is 64.7 Å². The molecule has 2 aromatic carbocycles. The fourth-order valence-electron chi connectivity index (χ4n) is 2.03. The summed E-state index contributed by atoms with van der Waals surface area (Å²) >= 11 is 6.16. The van der Waals surface area contributed by atoms with Crippen molar-refractivity contribution < 1.29 is 5.11 Å². The highest BCUT2D eigenvalue weighted by molar-refractivity contribution is 6.31. The van der Waals surface area contributed by atoms with E-state index in [1.165, 1.54) is 5.56 Å². The summed E-state index contributed by atoms with van der Waals surface area (Å²) in [7, 11) is 0. The molecule has 1 unspecified atom stereocenters. The molecule has 2 nitrogen and oxygen atoms in total. The lowest BCUT2D eigenvalue weighted by Gasteiger charge is -2.15. The summed E-state index contributed by atoms with van der Waals surface area (Å²) < 4.78 is 0. The Labute approximate surface area is 119 Å². The second-order valence-electron chi connectivity index (χ2n) is 4.61. The second-order valence-corrected chi connectivity index (χ2v) is 5.02. The first-order chi connectivity index (χ1) is 9.16. The number of phenolic OH excluding ortho intramolecular Hbond substituents is 1. The average Bonchev–Trinajstić information content (AvgIpc) is 2.41. The zero-order chi connectivity index (χ0) is 13.7. The fraction of sp³-hybridized carbons (Fsp3) is 0.250. The average molecular weight is 276 g/mol. The Balaban J connectivity index is 1.86. The monoisotopic (exact) mass is 275 g/mol. The molecule has 0 radical (unpaired) electrons. The number of nitrogens with one attached hydrogen (secondary N) is 1. The summed E-state index contributed by atoms with van der Waals surface area (Å²) in [5.41, 5.74) is 2.33. The number of rotatable bonds is 5. The Hall–Kier alpha value is -1.51. The van der Waals surface area contributed by atoms with Gasteiger partial charge in [-0.2, -0.15) is 0 Å². The fourth-order valence-corrected chi connectivity index (χ4v) is 2.33. The Kier molecular flexibility index (Phi) is 4.83. The van der Waals surface area contributed by atoms with E-state index in [9.17, 15) is 5.11 Å². The smallest absolute Gasteiger partial charge is 0.115 e. The van der Waals surface area contributed by atoms with Crippen LogP contribution in [0.2, 0.25) is 5.02 Å². The summed E-state index contributed by atoms with van der Waals surface area (Å²) in [4.78, 5) is 0. The summed E-state index contributed by atoms with van der Waals surface area (Å²) in [5.74, 6) is 0.307. The van der Waals surface area contributed by atoms with Gasteiger partial charge in [-0.1, -0.05) is 41.9 Å². The maximum atomic E-state index is 9.22. The first-order valence-corrected chi connectivity index (χ1v) is 6.80. The number of halogens is 1. The minimum Gasteiger partial charge on any atom is -0.508 e. The molecule has 0 aliphatic carbocycles. The molecule has 0 heterocycles. The first kappa shape index (κ1) is 13.9. The molecule has 0 aliphatic heterocycles. The number of benzene rings is 2. The molecule has 100 valence electrons. The van der Waals surface area contributed by atoms with Crippen molar-refractivity contribution in [1.82, 2.24) is 5.32 Å². The molecule has 0 amide bonds. The van der Waals surface area contributed by atoms with E-state index >= 15 is 0 Å². The summed E-state index contributed by atoms with van der Waals surface area (Å²) in [6.45, 7) is 2.98. The molecule has 1 atom stereocenters. The van der Waals surface area contributed by atoms with E-state index in [4.69, 9.17) is 11.6 Å². The topological polar surface area (TPSA) is 32.3 Å². The van der Waals surface area contributed by atoms with Crippen molar-refractivity contribution in [2.24, 2.45) is 0 Å². The summed E-state index contributed by atoms with van der Waals surface area (Å²) in [6.07, 6.45) is 0.926. The lowest BCUT2D eigenvalue weighted by molar-refractivity contribution is 0.475. The third-order valence-corrected chi connectivity index (χ3v) is 3.52. The van der Waals surface area contributed by atoms with Gasteiger partial charge < -0.3 is 10.4 Å². The van der Waals surface area contributed by atoms with Gasteiger partial charge in [-0.15, -0.1) is 0 Å². The van der Waals surface area contributed by atoms with Crippen LogP contribution in [-0.4, -0.2) is 11.7 Å². The highest BCUT2D eigenvalue weighted by Gasteiger charge is 2.07. The maximum Gasteiger partial charge on any atom is 0.115 e. The van der Waals surface area contributed by atoms with Crippen molar-refractivity contribution in [1.29, 1.82) is 0 Å². The van der Waals surface area contributed by atoms with E-state index in [0.29, 0.717) is 5.75 Å². The molecular formula is C16H18ClNO. The number of aromatic hydroxyl groups is 1. The summed E-state index contributed by atoms with van der Waals surface area (Å²) in [5, 5.41) is 13.5. The van der Waals surface area contributed by atoms with Gasteiger partial charge in [0, 0.05) is 11.1 Å². The van der Waals surface area contributed by atoms with Crippen LogP contribution in [0.1, 0.15) is 24.1 Å². The normalized spacial score (nSPS) is 12.3. The summed E-state index contributed by atoms with van der Waals surface area (Å²) in [6, 6.07) is 15.4. The van der Waals surface area contributed by atoms with Crippen molar-refractivity contribution in [2.75, 3.05) is 6.54 Å². The third-order valence-electron chi connectivity index (χ3n) is 3.17. The minimum atomic E-state index is 0.228. The molecule has 19 heavy (non-hydrogen) atoms. The molecule has 3 heteroatoms. The highest BCUT2D eigenvalue weighted by atomic mass is 35.5. The van der Waals surface area contributed by atoms with Crippen LogP contribution in [-0.2, 0) is 6.42 Å². The minimum absolute atomic E-state index is 0.228. The molecule has 0 aromatic heterocycles. The van der Waals surface area contributed by atoms with Crippen LogP contribution >= 0.6 is 11.6 Å². The lowest BCUT2D eigenvalue weighted by Crippen LogP contribution is -2.21. The van der Waals surface area contributed by atoms with Crippen LogP contribution in [0, 0.1) is 0 Å². The van der Waals surface area contributed by atoms with Crippen molar-refractivity contribution in [2.45, 2.75) is 19.4 Å². The van der Waals surface area contributed by atoms with Crippen LogP contribution < -0.4 is 5.32 Å². The van der Waals surface area contributed by atoms with E-state index < -0.39 is 0 Å². The van der Waals surface area contributed by atoms with Gasteiger partial charge in [-0.05, 0) is 49.2 Å². The number of hydrogen-bond donors (Lipinski definition) is 2. The van der Waals surface area contributed by atoms with Crippen molar-refractivity contribution in [3.8, 4) is 5.75 Å². The second kappa shape index (κ2) is 6.60. The molecular weight excluding hydrogens is 258 g/mol. The van der Waals surface area contributed by atoms with Crippen LogP contribution in [0.5, 0.6) is 5.75 Å². The predicted molar refractivity (Wildman–Crippen MR) is 79.7 cm³/mol. The third kappa shape index (κ3) is 3.98. The predicted octanol–water partition coefficient (Wildman–Crippen LogP) is 3.94. The molecule has 0 saturated carbocycles. The molecule has 0 fully saturated rings. The quantitative estimate of drug-likeness (QED) is 0.866. The molecule has 2 aromatic rings. The van der Waals surface area contributed by atoms with Gasteiger partial charge in [0.1, 0.15) is 5.75 Å². The Morgan fingerprint density at radius 3 is 2.47 bits per heavy atom. The molecule has 2 N–H and O–H groups in total. The SMILES string of the molecule is CC(NCCc1ccc(O)cc1)c1ccccc1Cl. The van der Waals surface area contributed by atoms with E-state index in [1.807, 2.05) is 36.4 Å². The van der Waals surface area contributed by atoms with Crippen LogP contribution in [0.25, 0.3) is 0 Å². The van der Waals surface area contributed by atoms with Crippen molar-refractivity contribution in [3.63, 3.8) is 0 Å². The molecule has 0 spiro atoms. The number of phenols is 1. The van der Waals surface area contributed by atoms with Gasteiger partial charge in [0.05, 0.1) is 0 Å². The van der Waals surface area contributed by atoms with Crippen LogP contribution in [0.15, 0.2) is 48.5 Å². The van der Waals surface area contributed by atoms with Gasteiger partial charge in [-0.25, -0.2) is 0 Å². The molecule has 0 aliphatic rings. The van der Waals surface area contributed by atoms with E-state index in [0.717, 1.165) is 23.6 Å². The molecule has 0 bridgehead atoms. The van der Waals surface area contributed by atoms with Gasteiger partial charge in [-0.3, -0.25) is 0 Å². The van der Waals surface area contributed by atoms with Gasteiger partial charge in [0.25, 0.3) is 0 Å². The molecule has 2 rings (SSSR count). The van der Waals surface area contributed by atoms with Crippen molar-refractivity contribution >= 4 is 11.6 Å². The van der Waals surface area contributed by atoms with E-state index in [-0.39, 0.29) is 6.04 Å². The van der Waals surface area contributed by atoms with Gasteiger partial charge >= 0.3 is 0 Å². The molecule has 0 saturated heterocycles. The first-order valence-electron chi connectivity index (χ1n) is 6.42. The van der Waals surface area contributed by atoms with E-state index in [1.54, 1.807) is 12.1 Å². The Morgan fingerprint density at radius 1 is 1.11 bits per heavy atom. The zero-order valence-electron chi connectivity index (χ0n) is 10.9. The maximum absolute atomic E-state index is 9.22.